The molecule has 8 heteroatoms. The van der Waals surface area contributed by atoms with Gasteiger partial charge in [-0.1, -0.05) is 65.7 Å². The molecule has 190 valence electrons. The lowest BCUT2D eigenvalue weighted by molar-refractivity contribution is -0.147. The first-order valence-corrected chi connectivity index (χ1v) is 12.7. The van der Waals surface area contributed by atoms with Crippen molar-refractivity contribution in [3.63, 3.8) is 0 Å². The summed E-state index contributed by atoms with van der Waals surface area (Å²) in [4.78, 5) is 28.9. The molecule has 0 amide bonds. The van der Waals surface area contributed by atoms with Crippen LogP contribution in [-0.2, 0) is 25.6 Å². The number of piperidine rings is 1. The normalized spacial score (nSPS) is 20.7. The standard InChI is InChI=1S/C28H30Cl2N2O4/c1-17-23(27(33)35-3)25(21-12-7-13-22(29)26(21)30)24(18(2)31-17)28(34)36-20-11-8-14-32(16-20)15-19-9-5-4-6-10-19/h4-7,9-10,12-13,20,25,31H,8,11,14-16H2,1-3H3. The number of benzene rings is 2. The zero-order valence-electron chi connectivity index (χ0n) is 20.6. The van der Waals surface area contributed by atoms with E-state index in [1.807, 2.05) is 18.2 Å². The van der Waals surface area contributed by atoms with Gasteiger partial charge >= 0.3 is 11.9 Å². The molecule has 6 nitrogen and oxygen atoms in total. The van der Waals surface area contributed by atoms with Gasteiger partial charge in [-0.2, -0.15) is 0 Å². The topological polar surface area (TPSA) is 67.9 Å². The third-order valence-electron chi connectivity index (χ3n) is 6.66. The zero-order chi connectivity index (χ0) is 25.8. The van der Waals surface area contributed by atoms with Gasteiger partial charge in [-0.3, -0.25) is 4.90 Å². The van der Waals surface area contributed by atoms with Gasteiger partial charge in [0.15, 0.2) is 0 Å². The number of esters is 2. The van der Waals surface area contributed by atoms with Crippen molar-refractivity contribution >= 4 is 35.1 Å². The summed E-state index contributed by atoms with van der Waals surface area (Å²) in [5, 5.41) is 3.78. The molecule has 2 unspecified atom stereocenters. The number of ether oxygens (including phenoxy) is 2. The summed E-state index contributed by atoms with van der Waals surface area (Å²) in [6, 6.07) is 15.4. The minimum Gasteiger partial charge on any atom is -0.466 e. The van der Waals surface area contributed by atoms with Gasteiger partial charge < -0.3 is 14.8 Å². The number of nitrogens with zero attached hydrogens (tertiary/aromatic N) is 1. The minimum absolute atomic E-state index is 0.265. The van der Waals surface area contributed by atoms with E-state index in [-0.39, 0.29) is 11.1 Å². The van der Waals surface area contributed by atoms with Crippen LogP contribution in [-0.4, -0.2) is 43.1 Å². The van der Waals surface area contributed by atoms with Gasteiger partial charge in [-0.15, -0.1) is 0 Å². The maximum atomic E-state index is 13.7. The highest BCUT2D eigenvalue weighted by atomic mass is 35.5. The van der Waals surface area contributed by atoms with Crippen molar-refractivity contribution in [2.24, 2.45) is 0 Å². The Labute approximate surface area is 221 Å². The average molecular weight is 529 g/mol. The molecule has 2 aliphatic heterocycles. The molecular weight excluding hydrogens is 499 g/mol. The maximum absolute atomic E-state index is 13.7. The molecule has 36 heavy (non-hydrogen) atoms. The molecule has 1 saturated heterocycles. The smallest absolute Gasteiger partial charge is 0.337 e. The first kappa shape index (κ1) is 26.3. The third-order valence-corrected chi connectivity index (χ3v) is 7.50. The second-order valence-corrected chi connectivity index (χ2v) is 9.95. The van der Waals surface area contributed by atoms with Crippen LogP contribution in [0.2, 0.25) is 10.0 Å². The number of rotatable bonds is 6. The van der Waals surface area contributed by atoms with Crippen molar-refractivity contribution in [2.45, 2.75) is 45.3 Å². The quantitative estimate of drug-likeness (QED) is 0.491. The SMILES string of the molecule is COC(=O)C1=C(C)NC(C)=C(C(=O)OC2CCCN(Cc3ccccc3)C2)C1c1cccc(Cl)c1Cl. The van der Waals surface area contributed by atoms with E-state index < -0.39 is 17.9 Å². The monoisotopic (exact) mass is 528 g/mol. The molecule has 2 aromatic carbocycles. The molecule has 2 aliphatic rings. The number of carbonyl (C=O) groups excluding carboxylic acids is 2. The van der Waals surface area contributed by atoms with E-state index in [0.717, 1.165) is 25.9 Å². The molecule has 0 saturated carbocycles. The largest absolute Gasteiger partial charge is 0.466 e. The third kappa shape index (κ3) is 5.61. The summed E-state index contributed by atoms with van der Waals surface area (Å²) >= 11 is 12.9. The maximum Gasteiger partial charge on any atom is 0.337 e. The lowest BCUT2D eigenvalue weighted by Gasteiger charge is -2.34. The van der Waals surface area contributed by atoms with Gasteiger partial charge in [-0.25, -0.2) is 9.59 Å². The molecule has 1 fully saturated rings. The van der Waals surface area contributed by atoms with E-state index in [1.165, 1.54) is 12.7 Å². The summed E-state index contributed by atoms with van der Waals surface area (Å²) in [5.74, 6) is -1.81. The van der Waals surface area contributed by atoms with Gasteiger partial charge in [-0.05, 0) is 50.4 Å². The Kier molecular flexibility index (Phi) is 8.39. The van der Waals surface area contributed by atoms with Gasteiger partial charge in [0.1, 0.15) is 6.10 Å². The number of hydrogen-bond donors (Lipinski definition) is 1. The number of nitrogens with one attached hydrogen (secondary N) is 1. The van der Waals surface area contributed by atoms with Crippen LogP contribution in [0, 0.1) is 0 Å². The predicted molar refractivity (Wildman–Crippen MR) is 141 cm³/mol. The van der Waals surface area contributed by atoms with Crippen LogP contribution >= 0.6 is 23.2 Å². The first-order valence-electron chi connectivity index (χ1n) is 12.0. The van der Waals surface area contributed by atoms with Crippen LogP contribution in [0.3, 0.4) is 0 Å². The Morgan fingerprint density at radius 1 is 1.00 bits per heavy atom. The molecule has 2 atom stereocenters. The Bertz CT molecular complexity index is 1210. The average Bonchev–Trinajstić information content (AvgIpc) is 2.85. The molecule has 4 rings (SSSR count). The van der Waals surface area contributed by atoms with Crippen LogP contribution < -0.4 is 5.32 Å². The summed E-state index contributed by atoms with van der Waals surface area (Å²) in [7, 11) is 1.31. The molecule has 2 heterocycles. The van der Waals surface area contributed by atoms with Gasteiger partial charge in [0.25, 0.3) is 0 Å². The van der Waals surface area contributed by atoms with Gasteiger partial charge in [0.05, 0.1) is 34.2 Å². The fourth-order valence-corrected chi connectivity index (χ4v) is 5.43. The van der Waals surface area contributed by atoms with Crippen molar-refractivity contribution in [3.8, 4) is 0 Å². The summed E-state index contributed by atoms with van der Waals surface area (Å²) < 4.78 is 11.1. The van der Waals surface area contributed by atoms with E-state index in [4.69, 9.17) is 32.7 Å². The fourth-order valence-electron chi connectivity index (χ4n) is 5.01. The molecule has 2 aromatic rings. The minimum atomic E-state index is -0.776. The van der Waals surface area contributed by atoms with Crippen molar-refractivity contribution in [1.82, 2.24) is 10.2 Å². The van der Waals surface area contributed by atoms with Crippen LogP contribution in [0.15, 0.2) is 71.1 Å². The highest BCUT2D eigenvalue weighted by Gasteiger charge is 2.40. The first-order chi connectivity index (χ1) is 17.3. The number of methoxy groups -OCH3 is 1. The zero-order valence-corrected chi connectivity index (χ0v) is 22.2. The molecule has 0 bridgehead atoms. The highest BCUT2D eigenvalue weighted by molar-refractivity contribution is 6.42. The highest BCUT2D eigenvalue weighted by Crippen LogP contribution is 2.43. The van der Waals surface area contributed by atoms with Crippen LogP contribution in [0.1, 0.15) is 43.7 Å². The van der Waals surface area contributed by atoms with E-state index >= 15 is 0 Å². The number of halogens is 2. The summed E-state index contributed by atoms with van der Waals surface area (Å²) in [5.41, 5.74) is 3.58. The second-order valence-electron chi connectivity index (χ2n) is 9.16. The molecule has 0 aliphatic carbocycles. The Morgan fingerprint density at radius 3 is 2.39 bits per heavy atom. The number of likely N-dealkylation sites (tertiary alicyclic amines) is 1. The van der Waals surface area contributed by atoms with Crippen molar-refractivity contribution < 1.29 is 19.1 Å². The number of allylic oxidation sites excluding steroid dienone is 2. The van der Waals surface area contributed by atoms with E-state index in [0.29, 0.717) is 39.7 Å². The van der Waals surface area contributed by atoms with E-state index in [9.17, 15) is 9.59 Å². The van der Waals surface area contributed by atoms with Crippen LogP contribution in [0.4, 0.5) is 0 Å². The molecular formula is C28H30Cl2N2O4. The summed E-state index contributed by atoms with van der Waals surface area (Å²) in [6.45, 7) is 5.95. The van der Waals surface area contributed by atoms with Crippen LogP contribution in [0.5, 0.6) is 0 Å². The van der Waals surface area contributed by atoms with Crippen molar-refractivity contribution in [3.05, 3.63) is 92.2 Å². The fraction of sp³-hybridized carbons (Fsp3) is 0.357. The second kappa shape index (κ2) is 11.5. The molecule has 0 aromatic heterocycles. The van der Waals surface area contributed by atoms with Crippen molar-refractivity contribution in [2.75, 3.05) is 20.2 Å². The Balaban J connectivity index is 1.61. The van der Waals surface area contributed by atoms with E-state index in [1.54, 1.807) is 32.0 Å². The molecule has 0 spiro atoms. The molecule has 1 N–H and O–H groups in total. The van der Waals surface area contributed by atoms with Crippen molar-refractivity contribution in [1.29, 1.82) is 0 Å². The lowest BCUT2D eigenvalue weighted by Crippen LogP contribution is -2.41. The predicted octanol–water partition coefficient (Wildman–Crippen LogP) is 5.61. The van der Waals surface area contributed by atoms with Gasteiger partial charge in [0, 0.05) is 24.5 Å². The lowest BCUT2D eigenvalue weighted by atomic mass is 9.80. The molecule has 0 radical (unpaired) electrons. The van der Waals surface area contributed by atoms with E-state index in [2.05, 4.69) is 22.3 Å². The van der Waals surface area contributed by atoms with Crippen LogP contribution in [0.25, 0.3) is 0 Å². The number of hydrogen-bond acceptors (Lipinski definition) is 6. The summed E-state index contributed by atoms with van der Waals surface area (Å²) in [6.07, 6.45) is 1.44. The Morgan fingerprint density at radius 2 is 1.69 bits per heavy atom. The number of carbonyl (C=O) groups is 2. The van der Waals surface area contributed by atoms with Gasteiger partial charge in [0.2, 0.25) is 0 Å². The number of dihydropyridines is 1. The Hall–Kier alpha value is -2.80.